The molecule has 1 amide bonds. The number of benzene rings is 1. The summed E-state index contributed by atoms with van der Waals surface area (Å²) in [6.07, 6.45) is 1.64. The molecule has 0 unspecified atom stereocenters. The van der Waals surface area contributed by atoms with Gasteiger partial charge in [0.2, 0.25) is 5.91 Å². The molecule has 16 heavy (non-hydrogen) atoms. The number of hydrogen-bond acceptors (Lipinski definition) is 3. The number of phenolic OH excluding ortho intramolecular Hbond substituents is 1. The van der Waals surface area contributed by atoms with E-state index < -0.39 is 11.9 Å². The van der Waals surface area contributed by atoms with E-state index in [0.717, 1.165) is 12.2 Å². The number of aryl methyl sites for hydroxylation is 1. The number of amides is 1. The van der Waals surface area contributed by atoms with E-state index >= 15 is 0 Å². The van der Waals surface area contributed by atoms with Crippen molar-refractivity contribution in [1.29, 1.82) is 0 Å². The second kappa shape index (κ2) is 4.97. The molecule has 1 aromatic carbocycles. The first-order chi connectivity index (χ1) is 7.49. The van der Waals surface area contributed by atoms with Crippen molar-refractivity contribution < 1.29 is 19.8 Å². The largest absolute Gasteiger partial charge is 0.508 e. The molecule has 0 saturated carbocycles. The Morgan fingerprint density at radius 2 is 2.00 bits per heavy atom. The number of hydrogen-bond donors (Lipinski definition) is 3. The average Bonchev–Trinajstić information content (AvgIpc) is 2.21. The molecule has 0 aliphatic carbocycles. The summed E-state index contributed by atoms with van der Waals surface area (Å²) in [6.45, 7) is 1.73. The third-order valence-corrected chi connectivity index (χ3v) is 1.85. The Labute approximate surface area is 92.0 Å². The number of anilines is 1. The van der Waals surface area contributed by atoms with Crippen LogP contribution >= 0.6 is 0 Å². The predicted octanol–water partition coefficient (Wildman–Crippen LogP) is 1.28. The summed E-state index contributed by atoms with van der Waals surface area (Å²) in [5, 5.41) is 20.1. The number of aromatic hydroxyl groups is 1. The Balaban J connectivity index is 2.70. The van der Waals surface area contributed by atoms with Crippen molar-refractivity contribution in [2.24, 2.45) is 0 Å². The van der Waals surface area contributed by atoms with Gasteiger partial charge in [0, 0.05) is 23.9 Å². The van der Waals surface area contributed by atoms with Gasteiger partial charge in [-0.25, -0.2) is 4.79 Å². The fourth-order valence-electron chi connectivity index (χ4n) is 1.02. The van der Waals surface area contributed by atoms with Gasteiger partial charge >= 0.3 is 5.97 Å². The Morgan fingerprint density at radius 1 is 1.31 bits per heavy atom. The fourth-order valence-corrected chi connectivity index (χ4v) is 1.02. The molecule has 0 radical (unpaired) electrons. The van der Waals surface area contributed by atoms with E-state index in [1.165, 1.54) is 6.07 Å². The standard InChI is InChI=1S/C11H11NO4/c1-7-2-3-8(6-9(7)13)12-10(14)4-5-11(15)16/h2-6,13H,1H3,(H,12,14)(H,15,16)/b5-4+. The average molecular weight is 221 g/mol. The van der Waals surface area contributed by atoms with Crippen LogP contribution in [-0.2, 0) is 9.59 Å². The molecule has 0 heterocycles. The predicted molar refractivity (Wildman–Crippen MR) is 58.2 cm³/mol. The van der Waals surface area contributed by atoms with Crippen molar-refractivity contribution >= 4 is 17.6 Å². The summed E-state index contributed by atoms with van der Waals surface area (Å²) in [5.41, 5.74) is 1.10. The molecular weight excluding hydrogens is 210 g/mol. The number of carbonyl (C=O) groups is 2. The smallest absolute Gasteiger partial charge is 0.328 e. The monoisotopic (exact) mass is 221 g/mol. The van der Waals surface area contributed by atoms with Crippen LogP contribution < -0.4 is 5.32 Å². The van der Waals surface area contributed by atoms with Crippen LogP contribution in [0.3, 0.4) is 0 Å². The Bertz CT molecular complexity index is 451. The summed E-state index contributed by atoms with van der Waals surface area (Å²) < 4.78 is 0. The zero-order chi connectivity index (χ0) is 12.1. The second-order valence-electron chi connectivity index (χ2n) is 3.16. The molecule has 0 saturated heterocycles. The fraction of sp³-hybridized carbons (Fsp3) is 0.0909. The van der Waals surface area contributed by atoms with Crippen molar-refractivity contribution in [3.05, 3.63) is 35.9 Å². The van der Waals surface area contributed by atoms with E-state index in [1.54, 1.807) is 19.1 Å². The van der Waals surface area contributed by atoms with Crippen LogP contribution in [0.5, 0.6) is 5.75 Å². The van der Waals surface area contributed by atoms with Crippen molar-refractivity contribution in [3.8, 4) is 5.75 Å². The molecule has 0 bridgehead atoms. The van der Waals surface area contributed by atoms with Crippen LogP contribution in [0.1, 0.15) is 5.56 Å². The van der Waals surface area contributed by atoms with Gasteiger partial charge in [0.1, 0.15) is 5.75 Å². The summed E-state index contributed by atoms with van der Waals surface area (Å²) in [7, 11) is 0. The minimum Gasteiger partial charge on any atom is -0.508 e. The molecule has 0 aliphatic heterocycles. The van der Waals surface area contributed by atoms with Gasteiger partial charge in [0.15, 0.2) is 0 Å². The molecule has 84 valence electrons. The number of nitrogens with one attached hydrogen (secondary N) is 1. The van der Waals surface area contributed by atoms with Crippen molar-refractivity contribution in [1.82, 2.24) is 0 Å². The molecule has 5 heteroatoms. The number of phenols is 1. The lowest BCUT2D eigenvalue weighted by Gasteiger charge is -2.04. The van der Waals surface area contributed by atoms with Crippen LogP contribution in [-0.4, -0.2) is 22.1 Å². The van der Waals surface area contributed by atoms with E-state index in [2.05, 4.69) is 5.32 Å². The van der Waals surface area contributed by atoms with Gasteiger partial charge in [-0.15, -0.1) is 0 Å². The first kappa shape index (κ1) is 11.8. The van der Waals surface area contributed by atoms with Crippen LogP contribution in [0, 0.1) is 6.92 Å². The molecule has 0 fully saturated rings. The minimum absolute atomic E-state index is 0.0695. The highest BCUT2D eigenvalue weighted by Gasteiger charge is 2.01. The van der Waals surface area contributed by atoms with E-state index in [4.69, 9.17) is 5.11 Å². The number of aliphatic carboxylic acids is 1. The topological polar surface area (TPSA) is 86.6 Å². The number of rotatable bonds is 3. The van der Waals surface area contributed by atoms with Gasteiger partial charge in [-0.3, -0.25) is 4.79 Å². The van der Waals surface area contributed by atoms with E-state index in [1.807, 2.05) is 0 Å². The first-order valence-electron chi connectivity index (χ1n) is 4.50. The van der Waals surface area contributed by atoms with E-state index in [9.17, 15) is 14.7 Å². The van der Waals surface area contributed by atoms with Crippen LogP contribution in [0.15, 0.2) is 30.4 Å². The summed E-state index contributed by atoms with van der Waals surface area (Å²) >= 11 is 0. The molecule has 0 aromatic heterocycles. The van der Waals surface area contributed by atoms with Gasteiger partial charge in [-0.2, -0.15) is 0 Å². The second-order valence-corrected chi connectivity index (χ2v) is 3.16. The zero-order valence-electron chi connectivity index (χ0n) is 8.60. The van der Waals surface area contributed by atoms with Crippen LogP contribution in [0.25, 0.3) is 0 Å². The quantitative estimate of drug-likeness (QED) is 0.671. The van der Waals surface area contributed by atoms with Gasteiger partial charge < -0.3 is 15.5 Å². The summed E-state index contributed by atoms with van der Waals surface area (Å²) in [4.78, 5) is 21.3. The van der Waals surface area contributed by atoms with Crippen LogP contribution in [0.2, 0.25) is 0 Å². The van der Waals surface area contributed by atoms with Gasteiger partial charge in [0.25, 0.3) is 0 Å². The Hall–Kier alpha value is -2.30. The molecule has 1 aromatic rings. The van der Waals surface area contributed by atoms with Gasteiger partial charge in [0.05, 0.1) is 0 Å². The van der Waals surface area contributed by atoms with Crippen molar-refractivity contribution in [3.63, 3.8) is 0 Å². The Kier molecular flexibility index (Phi) is 3.66. The molecule has 1 rings (SSSR count). The molecule has 0 spiro atoms. The first-order valence-corrected chi connectivity index (χ1v) is 4.50. The summed E-state index contributed by atoms with van der Waals surface area (Å²) in [6, 6.07) is 4.65. The number of carbonyl (C=O) groups excluding carboxylic acids is 1. The maximum absolute atomic E-state index is 11.2. The minimum atomic E-state index is -1.19. The molecule has 0 aliphatic rings. The van der Waals surface area contributed by atoms with Crippen molar-refractivity contribution in [2.75, 3.05) is 5.32 Å². The zero-order valence-corrected chi connectivity index (χ0v) is 8.60. The Morgan fingerprint density at radius 3 is 2.56 bits per heavy atom. The third kappa shape index (κ3) is 3.45. The van der Waals surface area contributed by atoms with Gasteiger partial charge in [-0.1, -0.05) is 6.07 Å². The highest BCUT2D eigenvalue weighted by molar-refractivity contribution is 6.02. The maximum Gasteiger partial charge on any atom is 0.328 e. The lowest BCUT2D eigenvalue weighted by Crippen LogP contribution is -2.08. The lowest BCUT2D eigenvalue weighted by atomic mass is 10.2. The molecule has 5 nitrogen and oxygen atoms in total. The molecule has 3 N–H and O–H groups in total. The van der Waals surface area contributed by atoms with Gasteiger partial charge in [-0.05, 0) is 18.6 Å². The van der Waals surface area contributed by atoms with E-state index in [-0.39, 0.29) is 5.75 Å². The molecular formula is C11H11NO4. The molecule has 0 atom stereocenters. The van der Waals surface area contributed by atoms with Crippen molar-refractivity contribution in [2.45, 2.75) is 6.92 Å². The highest BCUT2D eigenvalue weighted by atomic mass is 16.4. The third-order valence-electron chi connectivity index (χ3n) is 1.85. The summed E-state index contributed by atoms with van der Waals surface area (Å²) in [5.74, 6) is -1.69. The highest BCUT2D eigenvalue weighted by Crippen LogP contribution is 2.20. The SMILES string of the molecule is Cc1ccc(NC(=O)/C=C/C(=O)O)cc1O. The lowest BCUT2D eigenvalue weighted by molar-refractivity contribution is -0.131. The van der Waals surface area contributed by atoms with E-state index in [0.29, 0.717) is 11.3 Å². The maximum atomic E-state index is 11.2. The normalized spacial score (nSPS) is 10.3. The number of carboxylic acids is 1. The number of carboxylic acid groups (broad SMARTS) is 1. The van der Waals surface area contributed by atoms with Crippen LogP contribution in [0.4, 0.5) is 5.69 Å².